The van der Waals surface area contributed by atoms with Crippen molar-refractivity contribution in [2.45, 2.75) is 31.7 Å². The van der Waals surface area contributed by atoms with Crippen molar-refractivity contribution in [1.29, 1.82) is 0 Å². The Balaban J connectivity index is 1.88. The summed E-state index contributed by atoms with van der Waals surface area (Å²) in [6.07, 6.45) is 3.52. The van der Waals surface area contributed by atoms with E-state index in [-0.39, 0.29) is 11.9 Å². The van der Waals surface area contributed by atoms with Crippen molar-refractivity contribution in [3.8, 4) is 0 Å². The van der Waals surface area contributed by atoms with Gasteiger partial charge in [-0.15, -0.1) is 0 Å². The lowest BCUT2D eigenvalue weighted by atomic mass is 10.1. The number of carbonyl (C=O) groups excluding carboxylic acids is 1. The van der Waals surface area contributed by atoms with Gasteiger partial charge in [0.2, 0.25) is 5.91 Å². The average molecular weight is 311 g/mol. The van der Waals surface area contributed by atoms with Gasteiger partial charge in [0, 0.05) is 30.0 Å². The second kappa shape index (κ2) is 6.34. The minimum absolute atomic E-state index is 0.239. The van der Waals surface area contributed by atoms with Gasteiger partial charge in [-0.25, -0.2) is 0 Å². The molecule has 0 radical (unpaired) electrons. The van der Waals surface area contributed by atoms with Crippen LogP contribution in [0.25, 0.3) is 0 Å². The minimum Gasteiger partial charge on any atom is -0.338 e. The molecule has 1 fully saturated rings. The van der Waals surface area contributed by atoms with Gasteiger partial charge in [-0.2, -0.15) is 0 Å². The van der Waals surface area contributed by atoms with E-state index in [9.17, 15) is 4.79 Å². The van der Waals surface area contributed by atoms with Crippen LogP contribution in [0, 0.1) is 0 Å². The molecule has 0 saturated carbocycles. The molecule has 1 aromatic carbocycles. The SMILES string of the molecule is NCC1CCCN1C(=O)CCc1cccc(Br)c1. The monoisotopic (exact) mass is 310 g/mol. The Morgan fingerprint density at radius 1 is 1.50 bits per heavy atom. The van der Waals surface area contributed by atoms with Crippen LogP contribution in [-0.2, 0) is 11.2 Å². The van der Waals surface area contributed by atoms with Gasteiger partial charge in [-0.3, -0.25) is 4.79 Å². The maximum absolute atomic E-state index is 12.1. The van der Waals surface area contributed by atoms with Crippen LogP contribution in [0.1, 0.15) is 24.8 Å². The predicted octanol–water partition coefficient (Wildman–Crippen LogP) is 2.33. The van der Waals surface area contributed by atoms with Gasteiger partial charge in [0.25, 0.3) is 0 Å². The molecule has 1 amide bonds. The van der Waals surface area contributed by atoms with Crippen molar-refractivity contribution >= 4 is 21.8 Å². The molecule has 4 heteroatoms. The molecule has 1 heterocycles. The third kappa shape index (κ3) is 3.33. The summed E-state index contributed by atoms with van der Waals surface area (Å²) in [5, 5.41) is 0. The maximum Gasteiger partial charge on any atom is 0.223 e. The molecule has 0 aromatic heterocycles. The molecule has 1 aromatic rings. The first-order valence-electron chi connectivity index (χ1n) is 6.44. The molecule has 3 nitrogen and oxygen atoms in total. The van der Waals surface area contributed by atoms with E-state index < -0.39 is 0 Å². The van der Waals surface area contributed by atoms with E-state index in [2.05, 4.69) is 28.1 Å². The Morgan fingerprint density at radius 3 is 3.06 bits per heavy atom. The van der Waals surface area contributed by atoms with E-state index in [0.29, 0.717) is 13.0 Å². The van der Waals surface area contributed by atoms with Gasteiger partial charge < -0.3 is 10.6 Å². The summed E-state index contributed by atoms with van der Waals surface area (Å²) >= 11 is 3.44. The number of aryl methyl sites for hydroxylation is 1. The average Bonchev–Trinajstić information content (AvgIpc) is 2.84. The van der Waals surface area contributed by atoms with E-state index in [1.165, 1.54) is 5.56 Å². The van der Waals surface area contributed by atoms with Gasteiger partial charge in [-0.05, 0) is 37.0 Å². The Kier molecular flexibility index (Phi) is 4.78. The highest BCUT2D eigenvalue weighted by molar-refractivity contribution is 9.10. The van der Waals surface area contributed by atoms with Crippen LogP contribution in [-0.4, -0.2) is 29.9 Å². The van der Waals surface area contributed by atoms with Crippen LogP contribution in [0.5, 0.6) is 0 Å². The van der Waals surface area contributed by atoms with Crippen LogP contribution in [0.2, 0.25) is 0 Å². The predicted molar refractivity (Wildman–Crippen MR) is 76.3 cm³/mol. The summed E-state index contributed by atoms with van der Waals surface area (Å²) in [5.41, 5.74) is 6.88. The van der Waals surface area contributed by atoms with Crippen LogP contribution in [0.3, 0.4) is 0 Å². The lowest BCUT2D eigenvalue weighted by molar-refractivity contribution is -0.131. The number of halogens is 1. The molecule has 0 aliphatic carbocycles. The second-order valence-corrected chi connectivity index (χ2v) is 5.66. The molecule has 98 valence electrons. The number of likely N-dealkylation sites (tertiary alicyclic amines) is 1. The number of hydrogen-bond donors (Lipinski definition) is 1. The highest BCUT2D eigenvalue weighted by Gasteiger charge is 2.26. The molecule has 0 bridgehead atoms. The molecule has 1 aliphatic rings. The Labute approximate surface area is 116 Å². The number of carbonyl (C=O) groups is 1. The van der Waals surface area contributed by atoms with Crippen LogP contribution < -0.4 is 5.73 Å². The van der Waals surface area contributed by atoms with E-state index in [1.807, 2.05) is 17.0 Å². The van der Waals surface area contributed by atoms with Gasteiger partial charge in [-0.1, -0.05) is 28.1 Å². The normalized spacial score (nSPS) is 19.2. The summed E-state index contributed by atoms with van der Waals surface area (Å²) in [4.78, 5) is 14.1. The third-order valence-corrected chi connectivity index (χ3v) is 3.98. The standard InChI is InChI=1S/C14H19BrN2O/c15-12-4-1-3-11(9-12)6-7-14(18)17-8-2-5-13(17)10-16/h1,3-4,9,13H,2,5-8,10,16H2. The smallest absolute Gasteiger partial charge is 0.223 e. The first-order chi connectivity index (χ1) is 8.70. The van der Waals surface area contributed by atoms with Crippen LogP contribution in [0.4, 0.5) is 0 Å². The van der Waals surface area contributed by atoms with Gasteiger partial charge in [0.15, 0.2) is 0 Å². The van der Waals surface area contributed by atoms with E-state index in [0.717, 1.165) is 30.3 Å². The number of hydrogen-bond acceptors (Lipinski definition) is 2. The molecule has 1 saturated heterocycles. The largest absolute Gasteiger partial charge is 0.338 e. The van der Waals surface area contributed by atoms with Gasteiger partial charge in [0.05, 0.1) is 0 Å². The molecule has 1 aliphatic heterocycles. The molecule has 2 rings (SSSR count). The summed E-state index contributed by atoms with van der Waals surface area (Å²) in [7, 11) is 0. The van der Waals surface area contributed by atoms with Gasteiger partial charge in [0.1, 0.15) is 0 Å². The molecule has 1 unspecified atom stereocenters. The quantitative estimate of drug-likeness (QED) is 0.928. The van der Waals surface area contributed by atoms with E-state index >= 15 is 0 Å². The van der Waals surface area contributed by atoms with Crippen LogP contribution >= 0.6 is 15.9 Å². The first kappa shape index (κ1) is 13.6. The van der Waals surface area contributed by atoms with Crippen molar-refractivity contribution in [3.05, 3.63) is 34.3 Å². The Morgan fingerprint density at radius 2 is 2.33 bits per heavy atom. The highest BCUT2D eigenvalue weighted by atomic mass is 79.9. The van der Waals surface area contributed by atoms with Gasteiger partial charge >= 0.3 is 0 Å². The lowest BCUT2D eigenvalue weighted by Gasteiger charge is -2.23. The Bertz CT molecular complexity index is 422. The number of rotatable bonds is 4. The lowest BCUT2D eigenvalue weighted by Crippen LogP contribution is -2.39. The summed E-state index contributed by atoms with van der Waals surface area (Å²) in [5.74, 6) is 0.239. The summed E-state index contributed by atoms with van der Waals surface area (Å²) in [6.45, 7) is 1.46. The van der Waals surface area contributed by atoms with Crippen molar-refractivity contribution < 1.29 is 4.79 Å². The van der Waals surface area contributed by atoms with Crippen molar-refractivity contribution in [1.82, 2.24) is 4.90 Å². The van der Waals surface area contributed by atoms with Crippen LogP contribution in [0.15, 0.2) is 28.7 Å². The zero-order chi connectivity index (χ0) is 13.0. The number of nitrogens with zero attached hydrogens (tertiary/aromatic N) is 1. The zero-order valence-corrected chi connectivity index (χ0v) is 12.0. The van der Waals surface area contributed by atoms with Crippen molar-refractivity contribution in [2.24, 2.45) is 5.73 Å². The molecule has 2 N–H and O–H groups in total. The van der Waals surface area contributed by atoms with E-state index in [4.69, 9.17) is 5.73 Å². The van der Waals surface area contributed by atoms with Crippen molar-refractivity contribution in [3.63, 3.8) is 0 Å². The number of amides is 1. The number of benzene rings is 1. The molecular weight excluding hydrogens is 292 g/mol. The van der Waals surface area contributed by atoms with E-state index in [1.54, 1.807) is 0 Å². The zero-order valence-electron chi connectivity index (χ0n) is 10.4. The highest BCUT2D eigenvalue weighted by Crippen LogP contribution is 2.18. The second-order valence-electron chi connectivity index (χ2n) is 4.75. The molecule has 18 heavy (non-hydrogen) atoms. The molecule has 0 spiro atoms. The third-order valence-electron chi connectivity index (χ3n) is 3.49. The number of nitrogens with two attached hydrogens (primary N) is 1. The maximum atomic E-state index is 12.1. The van der Waals surface area contributed by atoms with Crippen molar-refractivity contribution in [2.75, 3.05) is 13.1 Å². The molecular formula is C14H19BrN2O. The fourth-order valence-corrected chi connectivity index (χ4v) is 2.94. The summed E-state index contributed by atoms with van der Waals surface area (Å²) in [6, 6.07) is 8.39. The minimum atomic E-state index is 0.239. The topological polar surface area (TPSA) is 46.3 Å². The first-order valence-corrected chi connectivity index (χ1v) is 7.24. The fraction of sp³-hybridized carbons (Fsp3) is 0.500. The fourth-order valence-electron chi connectivity index (χ4n) is 2.50. The molecule has 1 atom stereocenters. The Hall–Kier alpha value is -0.870. The summed E-state index contributed by atoms with van der Waals surface area (Å²) < 4.78 is 1.06.